The van der Waals surface area contributed by atoms with E-state index in [0.29, 0.717) is 12.0 Å². The smallest absolute Gasteiger partial charge is 0.191 e. The van der Waals surface area contributed by atoms with Crippen molar-refractivity contribution in [1.29, 1.82) is 0 Å². The summed E-state index contributed by atoms with van der Waals surface area (Å²) in [5.74, 6) is 1.38. The average Bonchev–Trinajstić information content (AvgIpc) is 3.25. The Morgan fingerprint density at radius 3 is 2.74 bits per heavy atom. The van der Waals surface area contributed by atoms with Gasteiger partial charge in [-0.05, 0) is 31.7 Å². The van der Waals surface area contributed by atoms with Crippen molar-refractivity contribution in [3.05, 3.63) is 48.0 Å². The predicted molar refractivity (Wildman–Crippen MR) is 94.5 cm³/mol. The number of nitrogens with zero attached hydrogens (tertiary/aromatic N) is 1. The fourth-order valence-electron chi connectivity index (χ4n) is 3.29. The van der Waals surface area contributed by atoms with Gasteiger partial charge < -0.3 is 15.4 Å². The molecule has 1 fully saturated rings. The third kappa shape index (κ3) is 4.35. The molecule has 2 N–H and O–H groups in total. The number of aliphatic imine (C=N–C) groups is 1. The second kappa shape index (κ2) is 8.16. The molecule has 2 atom stereocenters. The zero-order chi connectivity index (χ0) is 15.9. The van der Waals surface area contributed by atoms with Crippen LogP contribution in [0.2, 0.25) is 0 Å². The van der Waals surface area contributed by atoms with Crippen LogP contribution in [-0.4, -0.2) is 31.7 Å². The molecule has 0 spiro atoms. The second-order valence-electron chi connectivity index (χ2n) is 6.25. The number of hydrogen-bond acceptors (Lipinski definition) is 2. The van der Waals surface area contributed by atoms with Gasteiger partial charge in [0.2, 0.25) is 0 Å². The van der Waals surface area contributed by atoms with Crippen molar-refractivity contribution in [3.63, 3.8) is 0 Å². The van der Waals surface area contributed by atoms with Crippen LogP contribution in [-0.2, 0) is 4.74 Å². The molecule has 0 bridgehead atoms. The molecule has 124 valence electrons. The Balaban J connectivity index is 1.61. The summed E-state index contributed by atoms with van der Waals surface area (Å²) >= 11 is 0. The van der Waals surface area contributed by atoms with Crippen LogP contribution < -0.4 is 10.6 Å². The van der Waals surface area contributed by atoms with Crippen LogP contribution in [0.5, 0.6) is 0 Å². The highest BCUT2D eigenvalue weighted by atomic mass is 16.5. The monoisotopic (exact) mass is 313 g/mol. The Morgan fingerprint density at radius 2 is 2.00 bits per heavy atom. The van der Waals surface area contributed by atoms with Gasteiger partial charge in [0.15, 0.2) is 5.96 Å². The predicted octanol–water partition coefficient (Wildman–Crippen LogP) is 3.04. The van der Waals surface area contributed by atoms with E-state index in [-0.39, 0.29) is 6.10 Å². The summed E-state index contributed by atoms with van der Waals surface area (Å²) in [6.45, 7) is 4.62. The van der Waals surface area contributed by atoms with Crippen LogP contribution in [0, 0.1) is 5.92 Å². The first-order valence-electron chi connectivity index (χ1n) is 8.73. The largest absolute Gasteiger partial charge is 0.373 e. The molecule has 4 heteroatoms. The number of benzene rings is 1. The molecule has 0 aromatic heterocycles. The first kappa shape index (κ1) is 16.1. The van der Waals surface area contributed by atoms with E-state index in [2.05, 4.69) is 60.0 Å². The van der Waals surface area contributed by atoms with Crippen LogP contribution in [0.4, 0.5) is 0 Å². The lowest BCUT2D eigenvalue weighted by atomic mass is 9.95. The first-order valence-corrected chi connectivity index (χ1v) is 8.73. The highest BCUT2D eigenvalue weighted by Crippen LogP contribution is 2.34. The topological polar surface area (TPSA) is 45.7 Å². The number of rotatable bonds is 5. The maximum atomic E-state index is 5.96. The van der Waals surface area contributed by atoms with Crippen molar-refractivity contribution in [1.82, 2.24) is 10.6 Å². The van der Waals surface area contributed by atoms with E-state index in [1.54, 1.807) is 0 Å². The number of guanidine groups is 1. The van der Waals surface area contributed by atoms with Gasteiger partial charge >= 0.3 is 0 Å². The summed E-state index contributed by atoms with van der Waals surface area (Å²) in [6.07, 6.45) is 7.89. The van der Waals surface area contributed by atoms with Gasteiger partial charge in [0.25, 0.3) is 0 Å². The van der Waals surface area contributed by atoms with Gasteiger partial charge in [-0.1, -0.05) is 42.5 Å². The normalized spacial score (nSPS) is 25.0. The molecule has 2 unspecified atom stereocenters. The molecule has 0 saturated carbocycles. The molecule has 1 aromatic rings. The van der Waals surface area contributed by atoms with Gasteiger partial charge in [0.1, 0.15) is 0 Å². The Hall–Kier alpha value is -1.81. The Bertz CT molecular complexity index is 533. The third-order valence-corrected chi connectivity index (χ3v) is 4.52. The van der Waals surface area contributed by atoms with Gasteiger partial charge in [-0.2, -0.15) is 0 Å². The molecule has 1 aromatic carbocycles. The molecule has 0 amide bonds. The van der Waals surface area contributed by atoms with Crippen molar-refractivity contribution in [2.75, 3.05) is 19.7 Å². The number of ether oxygens (including phenoxy) is 1. The van der Waals surface area contributed by atoms with Crippen LogP contribution in [0.15, 0.2) is 47.5 Å². The summed E-state index contributed by atoms with van der Waals surface area (Å²) in [4.78, 5) is 4.82. The van der Waals surface area contributed by atoms with E-state index >= 15 is 0 Å². The lowest BCUT2D eigenvalue weighted by molar-refractivity contribution is 0.0925. The lowest BCUT2D eigenvalue weighted by Gasteiger charge is -2.20. The highest BCUT2D eigenvalue weighted by Gasteiger charge is 2.29. The SMILES string of the molecule is CCNC(=NCC1CCOC1c1ccccc1)NC1CC=CC1. The van der Waals surface area contributed by atoms with Crippen molar-refractivity contribution >= 4 is 5.96 Å². The minimum Gasteiger partial charge on any atom is -0.373 e. The van der Waals surface area contributed by atoms with Crippen molar-refractivity contribution in [2.45, 2.75) is 38.3 Å². The molecule has 23 heavy (non-hydrogen) atoms. The molecule has 2 aliphatic rings. The molecule has 4 nitrogen and oxygen atoms in total. The highest BCUT2D eigenvalue weighted by molar-refractivity contribution is 5.80. The van der Waals surface area contributed by atoms with Crippen molar-refractivity contribution < 1.29 is 4.74 Å². The average molecular weight is 313 g/mol. The van der Waals surface area contributed by atoms with E-state index in [4.69, 9.17) is 9.73 Å². The maximum absolute atomic E-state index is 5.96. The van der Waals surface area contributed by atoms with Crippen molar-refractivity contribution in [2.24, 2.45) is 10.9 Å². The number of nitrogens with one attached hydrogen (secondary N) is 2. The molecular formula is C19H27N3O. The Labute approximate surface area is 139 Å². The quantitative estimate of drug-likeness (QED) is 0.499. The zero-order valence-electron chi connectivity index (χ0n) is 13.9. The molecule has 3 rings (SSSR count). The van der Waals surface area contributed by atoms with Gasteiger partial charge in [0, 0.05) is 31.7 Å². The summed E-state index contributed by atoms with van der Waals surface area (Å²) in [7, 11) is 0. The molecule has 1 saturated heterocycles. The lowest BCUT2D eigenvalue weighted by Crippen LogP contribution is -2.42. The van der Waals surface area contributed by atoms with E-state index < -0.39 is 0 Å². The fourth-order valence-corrected chi connectivity index (χ4v) is 3.29. The van der Waals surface area contributed by atoms with Crippen LogP contribution in [0.25, 0.3) is 0 Å². The van der Waals surface area contributed by atoms with Crippen LogP contribution in [0.1, 0.15) is 37.9 Å². The summed E-state index contributed by atoms with van der Waals surface area (Å²) in [6, 6.07) is 11.0. The summed E-state index contributed by atoms with van der Waals surface area (Å²) in [5.41, 5.74) is 1.27. The van der Waals surface area contributed by atoms with E-state index in [0.717, 1.165) is 44.9 Å². The Kier molecular flexibility index (Phi) is 5.70. The minimum atomic E-state index is 0.177. The third-order valence-electron chi connectivity index (χ3n) is 4.52. The molecule has 0 radical (unpaired) electrons. The number of hydrogen-bond donors (Lipinski definition) is 2. The molecule has 1 heterocycles. The van der Waals surface area contributed by atoms with E-state index in [1.807, 2.05) is 0 Å². The standard InChI is InChI=1S/C19H27N3O/c1-2-20-19(22-17-10-6-7-11-17)21-14-16-12-13-23-18(16)15-8-4-3-5-9-15/h3-9,16-18H,2,10-14H2,1H3,(H2,20,21,22). The first-order chi connectivity index (χ1) is 11.4. The summed E-state index contributed by atoms with van der Waals surface area (Å²) in [5, 5.41) is 6.89. The molecule has 1 aliphatic heterocycles. The van der Waals surface area contributed by atoms with Gasteiger partial charge in [-0.3, -0.25) is 4.99 Å². The molecule has 1 aliphatic carbocycles. The minimum absolute atomic E-state index is 0.177. The van der Waals surface area contributed by atoms with Gasteiger partial charge in [0.05, 0.1) is 6.10 Å². The van der Waals surface area contributed by atoms with Crippen LogP contribution in [0.3, 0.4) is 0 Å². The second-order valence-corrected chi connectivity index (χ2v) is 6.25. The summed E-state index contributed by atoms with van der Waals surface area (Å²) < 4.78 is 5.96. The van der Waals surface area contributed by atoms with Crippen molar-refractivity contribution in [3.8, 4) is 0 Å². The van der Waals surface area contributed by atoms with Gasteiger partial charge in [-0.25, -0.2) is 0 Å². The van der Waals surface area contributed by atoms with E-state index in [9.17, 15) is 0 Å². The van der Waals surface area contributed by atoms with Gasteiger partial charge in [-0.15, -0.1) is 0 Å². The zero-order valence-corrected chi connectivity index (χ0v) is 13.9. The Morgan fingerprint density at radius 1 is 1.22 bits per heavy atom. The maximum Gasteiger partial charge on any atom is 0.191 e. The molecular weight excluding hydrogens is 286 g/mol. The fraction of sp³-hybridized carbons (Fsp3) is 0.526. The van der Waals surface area contributed by atoms with E-state index in [1.165, 1.54) is 5.56 Å². The van der Waals surface area contributed by atoms with Crippen LogP contribution >= 0.6 is 0 Å².